The zero-order valence-electron chi connectivity index (χ0n) is 12.7. The lowest BCUT2D eigenvalue weighted by atomic mass is 9.84. The minimum atomic E-state index is -0.383. The normalized spacial score (nSPS) is 21.0. The van der Waals surface area contributed by atoms with Crippen molar-refractivity contribution < 1.29 is 9.13 Å². The topological polar surface area (TPSA) is 38.5 Å². The Morgan fingerprint density at radius 2 is 2.10 bits per heavy atom. The molecule has 5 heteroatoms. The second kappa shape index (κ2) is 7.05. The molecule has 1 aliphatic rings. The van der Waals surface area contributed by atoms with Crippen LogP contribution in [0.3, 0.4) is 0 Å². The zero-order valence-corrected chi connectivity index (χ0v) is 13.5. The van der Waals surface area contributed by atoms with Crippen molar-refractivity contribution >= 4 is 11.6 Å². The van der Waals surface area contributed by atoms with Gasteiger partial charge in [0.2, 0.25) is 0 Å². The Balaban J connectivity index is 2.11. The van der Waals surface area contributed by atoms with Crippen LogP contribution >= 0.6 is 11.6 Å². The quantitative estimate of drug-likeness (QED) is 0.908. The molecule has 0 aromatic heterocycles. The van der Waals surface area contributed by atoms with E-state index in [1.165, 1.54) is 6.07 Å². The fourth-order valence-corrected chi connectivity index (χ4v) is 3.05. The van der Waals surface area contributed by atoms with Crippen LogP contribution < -0.4 is 5.73 Å². The fourth-order valence-electron chi connectivity index (χ4n) is 2.93. The predicted molar refractivity (Wildman–Crippen MR) is 84.2 cm³/mol. The molecule has 2 atom stereocenters. The van der Waals surface area contributed by atoms with E-state index in [1.807, 2.05) is 6.07 Å². The largest absolute Gasteiger partial charge is 0.379 e. The summed E-state index contributed by atoms with van der Waals surface area (Å²) in [6.07, 6.45) is 1.58. The molecule has 0 aliphatic carbocycles. The van der Waals surface area contributed by atoms with Gasteiger partial charge in [0.05, 0.1) is 18.2 Å². The van der Waals surface area contributed by atoms with Crippen LogP contribution in [0.15, 0.2) is 18.2 Å². The maximum atomic E-state index is 13.6. The minimum absolute atomic E-state index is 0.0684. The highest BCUT2D eigenvalue weighted by Crippen LogP contribution is 2.26. The molecule has 0 bridgehead atoms. The van der Waals surface area contributed by atoms with Crippen LogP contribution in [0.4, 0.5) is 4.39 Å². The van der Waals surface area contributed by atoms with Gasteiger partial charge in [-0.25, -0.2) is 4.39 Å². The molecule has 1 aromatic carbocycles. The Morgan fingerprint density at radius 1 is 1.43 bits per heavy atom. The molecule has 2 rings (SSSR count). The van der Waals surface area contributed by atoms with Crippen molar-refractivity contribution in [2.45, 2.75) is 38.3 Å². The Kier molecular flexibility index (Phi) is 5.60. The average molecular weight is 315 g/mol. The summed E-state index contributed by atoms with van der Waals surface area (Å²) in [4.78, 5) is 2.40. The average Bonchev–Trinajstić information content (AvgIpc) is 2.51. The van der Waals surface area contributed by atoms with Crippen LogP contribution in [0, 0.1) is 5.82 Å². The van der Waals surface area contributed by atoms with E-state index in [2.05, 4.69) is 18.7 Å². The van der Waals surface area contributed by atoms with Gasteiger partial charge in [0, 0.05) is 24.7 Å². The van der Waals surface area contributed by atoms with Crippen molar-refractivity contribution in [2.75, 3.05) is 26.3 Å². The highest BCUT2D eigenvalue weighted by Gasteiger charge is 2.36. The summed E-state index contributed by atoms with van der Waals surface area (Å²) in [5.74, 6) is -0.383. The molecule has 1 saturated heterocycles. The molecule has 3 nitrogen and oxygen atoms in total. The zero-order chi connectivity index (χ0) is 15.5. The maximum Gasteiger partial charge on any atom is 0.142 e. The van der Waals surface area contributed by atoms with Crippen LogP contribution in [0.2, 0.25) is 5.02 Å². The van der Waals surface area contributed by atoms with Gasteiger partial charge in [0.1, 0.15) is 5.82 Å². The number of nitrogens with two attached hydrogens (primary N) is 1. The molecule has 1 aliphatic heterocycles. The summed E-state index contributed by atoms with van der Waals surface area (Å²) in [6.45, 7) is 7.63. The van der Waals surface area contributed by atoms with E-state index >= 15 is 0 Å². The first-order valence-electron chi connectivity index (χ1n) is 7.49. The van der Waals surface area contributed by atoms with Crippen LogP contribution in [0.1, 0.15) is 25.8 Å². The van der Waals surface area contributed by atoms with E-state index in [0.29, 0.717) is 6.42 Å². The molecule has 118 valence electrons. The number of hydrogen-bond donors (Lipinski definition) is 1. The molecule has 1 fully saturated rings. The molecule has 0 saturated carbocycles. The van der Waals surface area contributed by atoms with Gasteiger partial charge in [-0.15, -0.1) is 0 Å². The number of ether oxygens (including phenoxy) is 1. The minimum Gasteiger partial charge on any atom is -0.379 e. The monoisotopic (exact) mass is 314 g/mol. The van der Waals surface area contributed by atoms with Crippen molar-refractivity contribution in [3.05, 3.63) is 34.6 Å². The number of nitrogens with zero attached hydrogens (tertiary/aromatic N) is 1. The van der Waals surface area contributed by atoms with E-state index in [-0.39, 0.29) is 22.4 Å². The molecule has 0 radical (unpaired) electrons. The number of benzene rings is 1. The number of morpholine rings is 1. The van der Waals surface area contributed by atoms with Gasteiger partial charge < -0.3 is 10.5 Å². The van der Waals surface area contributed by atoms with Crippen molar-refractivity contribution in [1.29, 1.82) is 0 Å². The summed E-state index contributed by atoms with van der Waals surface area (Å²) in [6, 6.07) is 4.86. The first-order chi connectivity index (χ1) is 9.97. The highest BCUT2D eigenvalue weighted by atomic mass is 35.5. The van der Waals surface area contributed by atoms with E-state index in [4.69, 9.17) is 22.1 Å². The first kappa shape index (κ1) is 16.7. The van der Waals surface area contributed by atoms with Gasteiger partial charge in [-0.1, -0.05) is 24.6 Å². The van der Waals surface area contributed by atoms with E-state index in [0.717, 1.165) is 38.3 Å². The molecule has 0 amide bonds. The highest BCUT2D eigenvalue weighted by molar-refractivity contribution is 6.30. The lowest BCUT2D eigenvalue weighted by Gasteiger charge is -2.46. The first-order valence-corrected chi connectivity index (χ1v) is 7.87. The molecule has 1 aromatic rings. The number of hydrogen-bond acceptors (Lipinski definition) is 3. The number of rotatable bonds is 5. The van der Waals surface area contributed by atoms with Crippen LogP contribution in [0.5, 0.6) is 0 Å². The predicted octanol–water partition coefficient (Wildman–Crippen LogP) is 2.85. The van der Waals surface area contributed by atoms with Gasteiger partial charge >= 0.3 is 0 Å². The van der Waals surface area contributed by atoms with Gasteiger partial charge in [0.15, 0.2) is 0 Å². The lowest BCUT2D eigenvalue weighted by molar-refractivity contribution is -0.0272. The van der Waals surface area contributed by atoms with Crippen LogP contribution in [0.25, 0.3) is 0 Å². The Morgan fingerprint density at radius 3 is 2.67 bits per heavy atom. The summed E-state index contributed by atoms with van der Waals surface area (Å²) >= 11 is 5.73. The maximum absolute atomic E-state index is 13.6. The summed E-state index contributed by atoms with van der Waals surface area (Å²) in [5.41, 5.74) is 7.25. The SMILES string of the molecule is CCC(C)(C(N)Cc1ccc(Cl)c(F)c1)N1CCOCC1. The van der Waals surface area contributed by atoms with E-state index in [1.54, 1.807) is 6.07 Å². The van der Waals surface area contributed by atoms with Gasteiger partial charge in [-0.3, -0.25) is 4.90 Å². The van der Waals surface area contributed by atoms with Crippen LogP contribution in [-0.2, 0) is 11.2 Å². The van der Waals surface area contributed by atoms with Crippen molar-refractivity contribution in [3.8, 4) is 0 Å². The molecular weight excluding hydrogens is 291 g/mol. The second-order valence-corrected chi connectivity index (χ2v) is 6.28. The molecule has 2 N–H and O–H groups in total. The fraction of sp³-hybridized carbons (Fsp3) is 0.625. The third-order valence-corrected chi connectivity index (χ3v) is 4.99. The van der Waals surface area contributed by atoms with Crippen molar-refractivity contribution in [2.24, 2.45) is 5.73 Å². The molecule has 21 heavy (non-hydrogen) atoms. The Labute approximate surface area is 131 Å². The van der Waals surface area contributed by atoms with Gasteiger partial charge in [-0.05, 0) is 37.5 Å². The van der Waals surface area contributed by atoms with E-state index in [9.17, 15) is 4.39 Å². The standard InChI is InChI=1S/C16H24ClFN2O/c1-3-16(2,20-6-8-21-9-7-20)15(19)11-12-4-5-13(17)14(18)10-12/h4-5,10,15H,3,6-9,11,19H2,1-2H3. The molecule has 2 unspecified atom stereocenters. The number of halogens is 2. The Hall–Kier alpha value is -0.680. The lowest BCUT2D eigenvalue weighted by Crippen LogP contribution is -2.61. The summed E-state index contributed by atoms with van der Waals surface area (Å²) < 4.78 is 19.0. The molecular formula is C16H24ClFN2O. The summed E-state index contributed by atoms with van der Waals surface area (Å²) in [7, 11) is 0. The van der Waals surface area contributed by atoms with E-state index < -0.39 is 0 Å². The Bertz CT molecular complexity index is 479. The van der Waals surface area contributed by atoms with Crippen molar-refractivity contribution in [3.63, 3.8) is 0 Å². The van der Waals surface area contributed by atoms with Crippen LogP contribution in [-0.4, -0.2) is 42.8 Å². The second-order valence-electron chi connectivity index (χ2n) is 5.87. The van der Waals surface area contributed by atoms with Gasteiger partial charge in [-0.2, -0.15) is 0 Å². The molecule has 0 spiro atoms. The third kappa shape index (κ3) is 3.75. The molecule has 1 heterocycles. The third-order valence-electron chi connectivity index (χ3n) is 4.69. The van der Waals surface area contributed by atoms with Crippen molar-refractivity contribution in [1.82, 2.24) is 4.90 Å². The summed E-state index contributed by atoms with van der Waals surface area (Å²) in [5, 5.41) is 0.152. The smallest absolute Gasteiger partial charge is 0.142 e. The van der Waals surface area contributed by atoms with Gasteiger partial charge in [0.25, 0.3) is 0 Å².